The van der Waals surface area contributed by atoms with E-state index in [1.54, 1.807) is 24.3 Å². The summed E-state index contributed by atoms with van der Waals surface area (Å²) in [6.07, 6.45) is -0.208. The molecule has 1 aromatic carbocycles. The number of benzene rings is 1. The third-order valence-corrected chi connectivity index (χ3v) is 7.63. The number of nitrogens with one attached hydrogen (secondary N) is 3. The fraction of sp³-hybridized carbons (Fsp3) is 0.520. The molecule has 36 heavy (non-hydrogen) atoms. The highest BCUT2D eigenvalue weighted by molar-refractivity contribution is 6.02. The van der Waals surface area contributed by atoms with Crippen molar-refractivity contribution < 1.29 is 27.9 Å². The Bertz CT molecular complexity index is 1250. The molecule has 9 nitrogen and oxygen atoms in total. The fourth-order valence-electron chi connectivity index (χ4n) is 5.97. The number of carbonyl (C=O) groups is 3. The van der Waals surface area contributed by atoms with Crippen LogP contribution in [0.4, 0.5) is 8.78 Å². The molecule has 2 aromatic rings. The van der Waals surface area contributed by atoms with E-state index in [9.17, 15) is 28.4 Å². The summed E-state index contributed by atoms with van der Waals surface area (Å²) in [6.45, 7) is 0.528. The van der Waals surface area contributed by atoms with Crippen molar-refractivity contribution in [3.63, 3.8) is 0 Å². The molecule has 3 N–H and O–H groups in total. The molecule has 0 unspecified atom stereocenters. The van der Waals surface area contributed by atoms with Crippen LogP contribution in [0.25, 0.3) is 10.9 Å². The van der Waals surface area contributed by atoms with Crippen LogP contribution < -0.4 is 15.4 Å². The van der Waals surface area contributed by atoms with Crippen molar-refractivity contribution in [1.29, 1.82) is 5.26 Å². The molecule has 190 valence electrons. The van der Waals surface area contributed by atoms with Gasteiger partial charge in [-0.15, -0.1) is 0 Å². The molecular formula is C25H27F2N5O4. The number of amides is 3. The molecule has 0 bridgehead atoms. The Morgan fingerprint density at radius 3 is 2.86 bits per heavy atom. The summed E-state index contributed by atoms with van der Waals surface area (Å²) in [7, 11) is 1.52. The van der Waals surface area contributed by atoms with Crippen LogP contribution in [0.5, 0.6) is 5.75 Å². The number of fused-ring (bicyclic) bond motifs is 2. The molecule has 1 aliphatic carbocycles. The minimum atomic E-state index is -2.91. The van der Waals surface area contributed by atoms with Crippen molar-refractivity contribution >= 4 is 28.6 Å². The molecule has 0 spiro atoms. The van der Waals surface area contributed by atoms with Crippen LogP contribution in [0.15, 0.2) is 24.3 Å². The Morgan fingerprint density at radius 1 is 1.36 bits per heavy atom. The molecule has 3 amide bonds. The maximum Gasteiger partial charge on any atom is 0.271 e. The number of H-pyrrole nitrogens is 1. The smallest absolute Gasteiger partial charge is 0.271 e. The summed E-state index contributed by atoms with van der Waals surface area (Å²) >= 11 is 0. The number of hydrogen-bond acceptors (Lipinski definition) is 5. The summed E-state index contributed by atoms with van der Waals surface area (Å²) in [5, 5.41) is 15.6. The van der Waals surface area contributed by atoms with Gasteiger partial charge in [-0.05, 0) is 42.9 Å². The van der Waals surface area contributed by atoms with E-state index in [1.165, 1.54) is 12.0 Å². The lowest BCUT2D eigenvalue weighted by molar-refractivity contribution is -0.127. The van der Waals surface area contributed by atoms with Crippen LogP contribution >= 0.6 is 0 Å². The summed E-state index contributed by atoms with van der Waals surface area (Å²) in [6, 6.07) is 6.84. The summed E-state index contributed by atoms with van der Waals surface area (Å²) < 4.78 is 33.9. The van der Waals surface area contributed by atoms with Gasteiger partial charge >= 0.3 is 0 Å². The number of halogens is 2. The molecule has 3 fully saturated rings. The molecule has 3 heterocycles. The number of ether oxygens (including phenoxy) is 1. The van der Waals surface area contributed by atoms with Crippen LogP contribution in [0.2, 0.25) is 0 Å². The van der Waals surface area contributed by atoms with Crippen LogP contribution in [-0.4, -0.2) is 65.8 Å². The molecule has 1 aromatic heterocycles. The Kier molecular flexibility index (Phi) is 6.06. The zero-order chi connectivity index (χ0) is 25.6. The number of hydrogen-bond donors (Lipinski definition) is 3. The first-order valence-corrected chi connectivity index (χ1v) is 12.0. The Morgan fingerprint density at radius 2 is 2.17 bits per heavy atom. The summed E-state index contributed by atoms with van der Waals surface area (Å²) in [4.78, 5) is 43.3. The third kappa shape index (κ3) is 4.25. The predicted molar refractivity (Wildman–Crippen MR) is 124 cm³/mol. The van der Waals surface area contributed by atoms with Gasteiger partial charge in [0.05, 0.1) is 13.2 Å². The molecular weight excluding hydrogens is 472 g/mol. The van der Waals surface area contributed by atoms with E-state index in [2.05, 4.69) is 15.6 Å². The zero-order valence-electron chi connectivity index (χ0n) is 19.7. The number of carbonyl (C=O) groups excluding carboxylic acids is 3. The number of methoxy groups -OCH3 is 1. The molecule has 5 atom stereocenters. The van der Waals surface area contributed by atoms with Crippen LogP contribution in [0, 0.1) is 29.1 Å². The Labute approximate surface area is 206 Å². The van der Waals surface area contributed by atoms with E-state index in [0.717, 1.165) is 0 Å². The van der Waals surface area contributed by atoms with E-state index in [0.29, 0.717) is 29.6 Å². The Hall–Kier alpha value is -3.68. The van der Waals surface area contributed by atoms with Crippen molar-refractivity contribution in [3.05, 3.63) is 30.0 Å². The van der Waals surface area contributed by atoms with E-state index in [4.69, 9.17) is 4.74 Å². The first kappa shape index (κ1) is 24.0. The molecule has 2 saturated heterocycles. The van der Waals surface area contributed by atoms with Crippen molar-refractivity contribution in [1.82, 2.24) is 20.5 Å². The van der Waals surface area contributed by atoms with Crippen molar-refractivity contribution in [2.45, 2.75) is 43.7 Å². The SMILES string of the molecule is COc1cccc2[nH]c(C(=O)N3C[C@H]4CC(F)(F)C[C@H]4[C@H]3C(=O)N[C@@H](C#N)C[C@H]3CCNC3=O)cc12. The van der Waals surface area contributed by atoms with Gasteiger partial charge in [-0.2, -0.15) is 5.26 Å². The maximum absolute atomic E-state index is 14.3. The minimum Gasteiger partial charge on any atom is -0.496 e. The fourth-order valence-corrected chi connectivity index (χ4v) is 5.97. The number of aromatic nitrogens is 1. The number of aromatic amines is 1. The lowest BCUT2D eigenvalue weighted by Crippen LogP contribution is -2.51. The predicted octanol–water partition coefficient (Wildman–Crippen LogP) is 2.20. The van der Waals surface area contributed by atoms with Gasteiger partial charge in [0.25, 0.3) is 5.91 Å². The zero-order valence-corrected chi connectivity index (χ0v) is 19.7. The quantitative estimate of drug-likeness (QED) is 0.562. The van der Waals surface area contributed by atoms with Crippen molar-refractivity contribution in [2.24, 2.45) is 17.8 Å². The molecule has 2 aliphatic heterocycles. The van der Waals surface area contributed by atoms with Crippen LogP contribution in [0.3, 0.4) is 0 Å². The van der Waals surface area contributed by atoms with Crippen LogP contribution in [0.1, 0.15) is 36.2 Å². The van der Waals surface area contributed by atoms with Gasteiger partial charge in [-0.25, -0.2) is 8.78 Å². The first-order chi connectivity index (χ1) is 17.2. The number of likely N-dealkylation sites (tertiary alicyclic amines) is 1. The number of nitrogens with zero attached hydrogens (tertiary/aromatic N) is 2. The van der Waals surface area contributed by atoms with Gasteiger partial charge < -0.3 is 25.3 Å². The number of alkyl halides is 2. The normalized spacial score (nSPS) is 27.4. The highest BCUT2D eigenvalue weighted by atomic mass is 19.3. The largest absolute Gasteiger partial charge is 0.496 e. The topological polar surface area (TPSA) is 127 Å². The second-order valence-electron chi connectivity index (χ2n) is 9.90. The molecule has 5 rings (SSSR count). The highest BCUT2D eigenvalue weighted by Gasteiger charge is 2.58. The Balaban J connectivity index is 1.40. The number of rotatable bonds is 6. The van der Waals surface area contributed by atoms with Gasteiger partial charge in [0.15, 0.2) is 0 Å². The summed E-state index contributed by atoms with van der Waals surface area (Å²) in [5.41, 5.74) is 0.891. The van der Waals surface area contributed by atoms with E-state index in [1.807, 2.05) is 6.07 Å². The molecule has 1 saturated carbocycles. The highest BCUT2D eigenvalue weighted by Crippen LogP contribution is 2.50. The number of nitriles is 1. The van der Waals surface area contributed by atoms with Crippen LogP contribution in [-0.2, 0) is 9.59 Å². The van der Waals surface area contributed by atoms with Gasteiger partial charge in [0.1, 0.15) is 23.5 Å². The molecule has 0 radical (unpaired) electrons. The van der Waals surface area contributed by atoms with Gasteiger partial charge in [-0.1, -0.05) is 6.07 Å². The van der Waals surface area contributed by atoms with Gasteiger partial charge in [0.2, 0.25) is 17.7 Å². The van der Waals surface area contributed by atoms with E-state index < -0.39 is 60.4 Å². The van der Waals surface area contributed by atoms with Crippen molar-refractivity contribution in [3.8, 4) is 11.8 Å². The minimum absolute atomic E-state index is 0.0198. The average molecular weight is 500 g/mol. The van der Waals surface area contributed by atoms with Gasteiger partial charge in [0, 0.05) is 42.8 Å². The molecule has 11 heteroatoms. The maximum atomic E-state index is 14.3. The third-order valence-electron chi connectivity index (χ3n) is 7.63. The van der Waals surface area contributed by atoms with E-state index in [-0.39, 0.29) is 24.6 Å². The monoisotopic (exact) mass is 499 g/mol. The van der Waals surface area contributed by atoms with Crippen molar-refractivity contribution in [2.75, 3.05) is 20.2 Å². The van der Waals surface area contributed by atoms with Gasteiger partial charge in [-0.3, -0.25) is 14.4 Å². The first-order valence-electron chi connectivity index (χ1n) is 12.0. The lowest BCUT2D eigenvalue weighted by Gasteiger charge is -2.28. The molecule has 3 aliphatic rings. The van der Waals surface area contributed by atoms with E-state index >= 15 is 0 Å². The second kappa shape index (κ2) is 9.08. The lowest BCUT2D eigenvalue weighted by atomic mass is 9.92. The average Bonchev–Trinajstić information content (AvgIpc) is 3.59. The summed E-state index contributed by atoms with van der Waals surface area (Å²) in [5.74, 6) is -5.29. The standard InChI is InChI=1S/C25H27F2N5O4/c1-36-20-4-2-3-18-16(20)8-19(31-18)24(35)32-12-14-9-25(26,27)10-17(14)21(32)23(34)30-15(11-28)7-13-5-6-29-22(13)33/h2-4,8,13-15,17,21,31H,5-7,9-10,12H2,1H3,(H,29,33)(H,30,34)/t13-,14-,15-,17-,21+/m1/s1. The second-order valence-corrected chi connectivity index (χ2v) is 9.90.